The monoisotopic (exact) mass is 302 g/mol. The van der Waals surface area contributed by atoms with Crippen LogP contribution in [0.3, 0.4) is 0 Å². The van der Waals surface area contributed by atoms with Gasteiger partial charge in [0, 0.05) is 15.5 Å². The third-order valence-corrected chi connectivity index (χ3v) is 3.81. The maximum absolute atomic E-state index is 14.2. The Morgan fingerprint density at radius 2 is 2.24 bits per heavy atom. The van der Waals surface area contributed by atoms with Gasteiger partial charge in [0.1, 0.15) is 0 Å². The molecule has 92 valence electrons. The summed E-state index contributed by atoms with van der Waals surface area (Å²) in [7, 11) is 1.40. The minimum absolute atomic E-state index is 0.0459. The number of carbonyl (C=O) groups is 1. The fraction of sp³-hybridized carbons (Fsp3) is 0.417. The average Bonchev–Trinajstić information content (AvgIpc) is 2.97. The van der Waals surface area contributed by atoms with E-state index in [1.165, 1.54) is 13.2 Å². The molecule has 0 atom stereocenters. The molecule has 0 saturated heterocycles. The van der Waals surface area contributed by atoms with Gasteiger partial charge in [0.25, 0.3) is 0 Å². The third-order valence-electron chi connectivity index (χ3n) is 3.15. The van der Waals surface area contributed by atoms with E-state index in [1.807, 2.05) is 0 Å². The Balaban J connectivity index is 2.48. The Bertz CT molecular complexity index is 469. The van der Waals surface area contributed by atoms with Crippen molar-refractivity contribution in [2.75, 3.05) is 7.11 Å². The van der Waals surface area contributed by atoms with Crippen molar-refractivity contribution in [2.45, 2.75) is 24.7 Å². The van der Waals surface area contributed by atoms with Crippen LogP contribution in [-0.4, -0.2) is 18.2 Å². The lowest BCUT2D eigenvalue weighted by Crippen LogP contribution is -2.16. The number of benzene rings is 1. The van der Waals surface area contributed by atoms with Gasteiger partial charge in [-0.05, 0) is 25.0 Å². The van der Waals surface area contributed by atoms with Gasteiger partial charge >= 0.3 is 5.97 Å². The highest BCUT2D eigenvalue weighted by molar-refractivity contribution is 9.10. The Morgan fingerprint density at radius 1 is 1.59 bits per heavy atom. The molecule has 0 amide bonds. The van der Waals surface area contributed by atoms with E-state index in [-0.39, 0.29) is 12.2 Å². The molecule has 1 aromatic carbocycles. The fourth-order valence-corrected chi connectivity index (χ4v) is 2.86. The first-order valence-electron chi connectivity index (χ1n) is 5.24. The van der Waals surface area contributed by atoms with Crippen molar-refractivity contribution in [3.63, 3.8) is 0 Å². The van der Waals surface area contributed by atoms with Crippen LogP contribution in [-0.2, 0) is 10.2 Å². The smallest absolute Gasteiger partial charge is 0.304 e. The summed E-state index contributed by atoms with van der Waals surface area (Å²) in [5, 5.41) is 8.89. The maximum Gasteiger partial charge on any atom is 0.304 e. The molecule has 1 aliphatic carbocycles. The summed E-state index contributed by atoms with van der Waals surface area (Å²) in [5.74, 6) is -1.21. The summed E-state index contributed by atoms with van der Waals surface area (Å²) in [6.07, 6.45) is 1.35. The lowest BCUT2D eigenvalue weighted by Gasteiger charge is -2.17. The quantitative estimate of drug-likeness (QED) is 0.929. The van der Waals surface area contributed by atoms with Crippen molar-refractivity contribution in [1.29, 1.82) is 0 Å². The highest BCUT2D eigenvalue weighted by Crippen LogP contribution is 2.54. The number of halogens is 2. The number of aliphatic carboxylic acids is 1. The van der Waals surface area contributed by atoms with Crippen molar-refractivity contribution in [2.24, 2.45) is 0 Å². The molecule has 1 aliphatic rings. The van der Waals surface area contributed by atoms with Gasteiger partial charge in [0.2, 0.25) is 0 Å². The topological polar surface area (TPSA) is 46.5 Å². The molecule has 0 spiro atoms. The van der Waals surface area contributed by atoms with E-state index in [4.69, 9.17) is 9.84 Å². The number of ether oxygens (including phenoxy) is 1. The predicted molar refractivity (Wildman–Crippen MR) is 63.8 cm³/mol. The van der Waals surface area contributed by atoms with Crippen LogP contribution >= 0.6 is 15.9 Å². The Morgan fingerprint density at radius 3 is 2.71 bits per heavy atom. The molecular formula is C12H12BrFO3. The van der Waals surface area contributed by atoms with Crippen LogP contribution in [0.2, 0.25) is 0 Å². The maximum atomic E-state index is 14.2. The standard InChI is InChI=1S/C12H12BrFO3/c1-17-8-3-2-7(13)10(11(8)14)12(4-5-12)6-9(15)16/h2-3H,4-6H2,1H3,(H,15,16). The minimum atomic E-state index is -0.906. The largest absolute Gasteiger partial charge is 0.494 e. The summed E-state index contributed by atoms with van der Waals surface area (Å²) in [5.41, 5.74) is -0.136. The zero-order chi connectivity index (χ0) is 12.6. The van der Waals surface area contributed by atoms with E-state index in [0.29, 0.717) is 22.9 Å². The lowest BCUT2D eigenvalue weighted by atomic mass is 9.91. The van der Waals surface area contributed by atoms with E-state index in [2.05, 4.69) is 15.9 Å². The summed E-state index contributed by atoms with van der Waals surface area (Å²) in [6.45, 7) is 0. The summed E-state index contributed by atoms with van der Waals surface area (Å²) < 4.78 is 19.7. The predicted octanol–water partition coefficient (Wildman–Crippen LogP) is 3.10. The first-order chi connectivity index (χ1) is 8.00. The van der Waals surface area contributed by atoms with Crippen molar-refractivity contribution >= 4 is 21.9 Å². The van der Waals surface area contributed by atoms with Gasteiger partial charge in [-0.15, -0.1) is 0 Å². The summed E-state index contributed by atoms with van der Waals surface area (Å²) >= 11 is 3.29. The molecule has 5 heteroatoms. The van der Waals surface area contributed by atoms with Crippen molar-refractivity contribution < 1.29 is 19.0 Å². The average molecular weight is 303 g/mol. The Kier molecular flexibility index (Phi) is 3.12. The van der Waals surface area contributed by atoms with E-state index in [9.17, 15) is 9.18 Å². The molecule has 17 heavy (non-hydrogen) atoms. The molecule has 0 bridgehead atoms. The summed E-state index contributed by atoms with van der Waals surface area (Å²) in [6, 6.07) is 3.22. The molecular weight excluding hydrogens is 291 g/mol. The van der Waals surface area contributed by atoms with Crippen LogP contribution < -0.4 is 4.74 Å². The molecule has 0 aliphatic heterocycles. The van der Waals surface area contributed by atoms with Crippen LogP contribution in [0.5, 0.6) is 5.75 Å². The second-order valence-electron chi connectivity index (χ2n) is 4.29. The fourth-order valence-electron chi connectivity index (χ4n) is 2.13. The molecule has 0 aromatic heterocycles. The zero-order valence-corrected chi connectivity index (χ0v) is 10.9. The van der Waals surface area contributed by atoms with Gasteiger partial charge < -0.3 is 9.84 Å². The number of carboxylic acid groups (broad SMARTS) is 1. The number of rotatable bonds is 4. The zero-order valence-electron chi connectivity index (χ0n) is 9.30. The molecule has 3 nitrogen and oxygen atoms in total. The number of hydrogen-bond acceptors (Lipinski definition) is 2. The number of methoxy groups -OCH3 is 1. The molecule has 1 aromatic rings. The SMILES string of the molecule is COc1ccc(Br)c(C2(CC(=O)O)CC2)c1F. The summed E-state index contributed by atoms with van der Waals surface area (Å²) in [4.78, 5) is 10.8. The van der Waals surface area contributed by atoms with Gasteiger partial charge in [-0.3, -0.25) is 4.79 Å². The van der Waals surface area contributed by atoms with E-state index in [0.717, 1.165) is 0 Å². The van der Waals surface area contributed by atoms with Crippen LogP contribution in [0.1, 0.15) is 24.8 Å². The van der Waals surface area contributed by atoms with Crippen molar-refractivity contribution in [1.82, 2.24) is 0 Å². The molecule has 0 heterocycles. The second-order valence-corrected chi connectivity index (χ2v) is 5.14. The van der Waals surface area contributed by atoms with Gasteiger partial charge in [-0.2, -0.15) is 0 Å². The first kappa shape index (κ1) is 12.4. The van der Waals surface area contributed by atoms with Crippen LogP contribution in [0.15, 0.2) is 16.6 Å². The second kappa shape index (κ2) is 4.29. The number of hydrogen-bond donors (Lipinski definition) is 1. The van der Waals surface area contributed by atoms with E-state index >= 15 is 0 Å². The Hall–Kier alpha value is -1.10. The van der Waals surface area contributed by atoms with Crippen LogP contribution in [0.4, 0.5) is 4.39 Å². The van der Waals surface area contributed by atoms with E-state index in [1.54, 1.807) is 6.07 Å². The third kappa shape index (κ3) is 2.16. The molecule has 2 rings (SSSR count). The first-order valence-corrected chi connectivity index (χ1v) is 6.04. The molecule has 0 radical (unpaired) electrons. The van der Waals surface area contributed by atoms with Gasteiger partial charge in [-0.1, -0.05) is 15.9 Å². The van der Waals surface area contributed by atoms with E-state index < -0.39 is 17.2 Å². The normalized spacial score (nSPS) is 16.6. The number of carboxylic acids is 1. The molecule has 1 fully saturated rings. The Labute approximate surface area is 107 Å². The molecule has 1 saturated carbocycles. The van der Waals surface area contributed by atoms with Crippen LogP contribution in [0.25, 0.3) is 0 Å². The van der Waals surface area contributed by atoms with Crippen molar-refractivity contribution in [3.05, 3.63) is 28.0 Å². The lowest BCUT2D eigenvalue weighted by molar-refractivity contribution is -0.137. The highest BCUT2D eigenvalue weighted by atomic mass is 79.9. The molecule has 1 N–H and O–H groups in total. The van der Waals surface area contributed by atoms with Gasteiger partial charge in [0.15, 0.2) is 11.6 Å². The van der Waals surface area contributed by atoms with Gasteiger partial charge in [0.05, 0.1) is 13.5 Å². The highest BCUT2D eigenvalue weighted by Gasteiger charge is 2.49. The molecule has 0 unspecified atom stereocenters. The minimum Gasteiger partial charge on any atom is -0.494 e. The van der Waals surface area contributed by atoms with Crippen LogP contribution in [0, 0.1) is 5.82 Å². The van der Waals surface area contributed by atoms with Crippen molar-refractivity contribution in [3.8, 4) is 5.75 Å². The van der Waals surface area contributed by atoms with Gasteiger partial charge in [-0.25, -0.2) is 4.39 Å².